The molecule has 0 radical (unpaired) electrons. The van der Waals surface area contributed by atoms with Crippen LogP contribution in [0.4, 0.5) is 32.0 Å². The quantitative estimate of drug-likeness (QED) is 0.295. The second-order valence-electron chi connectivity index (χ2n) is 8.25. The molecule has 0 atom stereocenters. The first kappa shape index (κ1) is 26.0. The summed E-state index contributed by atoms with van der Waals surface area (Å²) in [4.78, 5) is 29.2. The van der Waals surface area contributed by atoms with Gasteiger partial charge in [0.25, 0.3) is 6.43 Å². The molecule has 0 aliphatic heterocycles. The summed E-state index contributed by atoms with van der Waals surface area (Å²) in [6, 6.07) is 9.27. The number of benzene rings is 2. The molecule has 1 fully saturated rings. The molecule has 4 rings (SSSR count). The Balaban J connectivity index is 1.59. The third-order valence-corrected chi connectivity index (χ3v) is 5.88. The third kappa shape index (κ3) is 5.52. The first-order valence-corrected chi connectivity index (χ1v) is 10.8. The molecule has 194 valence electrons. The molecule has 1 heterocycles. The summed E-state index contributed by atoms with van der Waals surface area (Å²) in [5.41, 5.74) is -0.997. The summed E-state index contributed by atoms with van der Waals surface area (Å²) in [6.45, 7) is 0. The molecular formula is C25H18F6N2O4. The van der Waals surface area contributed by atoms with Crippen molar-refractivity contribution in [3.8, 4) is 16.9 Å². The molecule has 1 N–H and O–H groups in total. The molecule has 0 unspecified atom stereocenters. The monoisotopic (exact) mass is 524 g/mol. The fourth-order valence-electron chi connectivity index (χ4n) is 3.92. The first-order valence-electron chi connectivity index (χ1n) is 10.8. The lowest BCUT2D eigenvalue weighted by Crippen LogP contribution is -2.29. The Hall–Kier alpha value is -4.09. The summed E-state index contributed by atoms with van der Waals surface area (Å²) in [6.07, 6.45) is -6.08. The first-order chi connectivity index (χ1) is 17.4. The molecule has 1 aliphatic rings. The molecule has 0 saturated heterocycles. The number of ether oxygens (including phenoxy) is 2. The van der Waals surface area contributed by atoms with E-state index in [1.165, 1.54) is 30.5 Å². The molecule has 1 aliphatic carbocycles. The molecule has 1 saturated carbocycles. The predicted octanol–water partition coefficient (Wildman–Crippen LogP) is 6.18. The van der Waals surface area contributed by atoms with Crippen molar-refractivity contribution in [2.75, 3.05) is 12.4 Å². The number of anilines is 1. The van der Waals surface area contributed by atoms with Gasteiger partial charge in [0.05, 0.1) is 18.1 Å². The molecule has 3 aromatic rings. The minimum atomic E-state index is -4.99. The lowest BCUT2D eigenvalue weighted by molar-refractivity contribution is -0.274. The number of amides is 1. The summed E-state index contributed by atoms with van der Waals surface area (Å²) in [5, 5.41) is 2.61. The number of nitrogens with one attached hydrogen (secondary N) is 1. The normalized spacial score (nSPS) is 14.3. The minimum Gasteiger partial charge on any atom is -0.465 e. The van der Waals surface area contributed by atoms with Crippen LogP contribution in [0.5, 0.6) is 5.75 Å². The molecule has 0 spiro atoms. The van der Waals surface area contributed by atoms with Crippen LogP contribution in [-0.4, -0.2) is 30.3 Å². The number of halogens is 6. The third-order valence-electron chi connectivity index (χ3n) is 5.88. The zero-order valence-corrected chi connectivity index (χ0v) is 19.0. The van der Waals surface area contributed by atoms with Crippen LogP contribution in [0.1, 0.15) is 40.9 Å². The van der Waals surface area contributed by atoms with E-state index in [0.29, 0.717) is 17.2 Å². The van der Waals surface area contributed by atoms with Gasteiger partial charge >= 0.3 is 12.3 Å². The summed E-state index contributed by atoms with van der Waals surface area (Å²) in [7, 11) is 1.14. The van der Waals surface area contributed by atoms with E-state index < -0.39 is 47.3 Å². The number of hydrogen-bond acceptors (Lipinski definition) is 5. The Morgan fingerprint density at radius 1 is 1.05 bits per heavy atom. The number of carbonyl (C=O) groups is 2. The van der Waals surface area contributed by atoms with Crippen LogP contribution in [0.25, 0.3) is 11.1 Å². The van der Waals surface area contributed by atoms with Crippen molar-refractivity contribution in [2.45, 2.75) is 31.0 Å². The molecule has 1 amide bonds. The van der Waals surface area contributed by atoms with Crippen LogP contribution in [0.2, 0.25) is 0 Å². The molecule has 2 aromatic carbocycles. The Kier molecular flexibility index (Phi) is 6.85. The molecule has 1 aromatic heterocycles. The van der Waals surface area contributed by atoms with Gasteiger partial charge in [-0.3, -0.25) is 9.78 Å². The van der Waals surface area contributed by atoms with E-state index in [1.807, 2.05) is 0 Å². The number of nitrogens with zero attached hydrogens (tertiary/aromatic N) is 1. The van der Waals surface area contributed by atoms with Crippen molar-refractivity contribution in [1.29, 1.82) is 0 Å². The van der Waals surface area contributed by atoms with Crippen molar-refractivity contribution in [2.24, 2.45) is 0 Å². The SMILES string of the molecule is COC(=O)c1cc(NC(=O)C2(c3ccc(OC(F)(F)F)cc3F)CC2)ccc1-c1ccc(C(F)F)nc1. The van der Waals surface area contributed by atoms with E-state index >= 15 is 0 Å². The Morgan fingerprint density at radius 2 is 1.78 bits per heavy atom. The maximum Gasteiger partial charge on any atom is 0.573 e. The minimum absolute atomic E-state index is 0.0107. The Morgan fingerprint density at radius 3 is 2.32 bits per heavy atom. The number of alkyl halides is 5. The van der Waals surface area contributed by atoms with E-state index in [-0.39, 0.29) is 29.7 Å². The van der Waals surface area contributed by atoms with Crippen molar-refractivity contribution < 1.29 is 45.4 Å². The van der Waals surface area contributed by atoms with Crippen LogP contribution in [0, 0.1) is 5.82 Å². The van der Waals surface area contributed by atoms with Gasteiger partial charge in [-0.25, -0.2) is 18.0 Å². The van der Waals surface area contributed by atoms with Gasteiger partial charge in [0.2, 0.25) is 5.91 Å². The summed E-state index contributed by atoms with van der Waals surface area (Å²) < 4.78 is 86.1. The number of carbonyl (C=O) groups excluding carboxylic acids is 2. The van der Waals surface area contributed by atoms with Crippen LogP contribution in [0.3, 0.4) is 0 Å². The molecular weight excluding hydrogens is 506 g/mol. The molecule has 12 heteroatoms. The van der Waals surface area contributed by atoms with Gasteiger partial charge in [0, 0.05) is 29.1 Å². The van der Waals surface area contributed by atoms with Gasteiger partial charge in [0.1, 0.15) is 17.3 Å². The highest BCUT2D eigenvalue weighted by atomic mass is 19.4. The number of hydrogen-bond donors (Lipinski definition) is 1. The van der Waals surface area contributed by atoms with Crippen LogP contribution in [-0.2, 0) is 14.9 Å². The van der Waals surface area contributed by atoms with Crippen LogP contribution < -0.4 is 10.1 Å². The van der Waals surface area contributed by atoms with E-state index in [4.69, 9.17) is 4.74 Å². The lowest BCUT2D eigenvalue weighted by atomic mass is 9.93. The average Bonchev–Trinajstić information content (AvgIpc) is 3.64. The van der Waals surface area contributed by atoms with Crippen molar-refractivity contribution >= 4 is 17.6 Å². The van der Waals surface area contributed by atoms with Gasteiger partial charge in [-0.05, 0) is 42.7 Å². The average molecular weight is 524 g/mol. The maximum absolute atomic E-state index is 14.7. The summed E-state index contributed by atoms with van der Waals surface area (Å²) >= 11 is 0. The predicted molar refractivity (Wildman–Crippen MR) is 119 cm³/mol. The Bertz CT molecular complexity index is 1340. The zero-order valence-electron chi connectivity index (χ0n) is 19.0. The molecule has 0 bridgehead atoms. The number of pyridine rings is 1. The largest absolute Gasteiger partial charge is 0.573 e. The van der Waals surface area contributed by atoms with Crippen molar-refractivity contribution in [3.05, 3.63) is 77.4 Å². The van der Waals surface area contributed by atoms with Gasteiger partial charge in [-0.15, -0.1) is 13.2 Å². The van der Waals surface area contributed by atoms with E-state index in [9.17, 15) is 35.9 Å². The number of esters is 1. The van der Waals surface area contributed by atoms with E-state index in [0.717, 1.165) is 25.3 Å². The zero-order chi connectivity index (χ0) is 27.0. The highest BCUT2D eigenvalue weighted by molar-refractivity contribution is 6.04. The number of rotatable bonds is 7. The Labute approximate surface area is 206 Å². The van der Waals surface area contributed by atoms with E-state index in [1.54, 1.807) is 0 Å². The van der Waals surface area contributed by atoms with Gasteiger partial charge in [0.15, 0.2) is 0 Å². The molecule has 6 nitrogen and oxygen atoms in total. The van der Waals surface area contributed by atoms with Gasteiger partial charge in [-0.2, -0.15) is 0 Å². The van der Waals surface area contributed by atoms with Crippen LogP contribution in [0.15, 0.2) is 54.7 Å². The smallest absolute Gasteiger partial charge is 0.465 e. The number of methoxy groups -OCH3 is 1. The topological polar surface area (TPSA) is 77.5 Å². The second-order valence-corrected chi connectivity index (χ2v) is 8.25. The second kappa shape index (κ2) is 9.75. The fourth-order valence-corrected chi connectivity index (χ4v) is 3.92. The van der Waals surface area contributed by atoms with Gasteiger partial charge in [-0.1, -0.05) is 18.2 Å². The molecule has 37 heavy (non-hydrogen) atoms. The summed E-state index contributed by atoms with van der Waals surface area (Å²) in [5.74, 6) is -3.17. The lowest BCUT2D eigenvalue weighted by Gasteiger charge is -2.18. The fraction of sp³-hybridized carbons (Fsp3) is 0.240. The number of aromatic nitrogens is 1. The van der Waals surface area contributed by atoms with Gasteiger partial charge < -0.3 is 14.8 Å². The standard InChI is InChI=1S/C25H18F6N2O4/c1-36-22(34)17-10-14(3-5-16(17)13-2-7-20(21(27)28)32-12-13)33-23(35)24(8-9-24)18-6-4-15(11-19(18)26)37-25(29,30)31/h2-7,10-12,21H,8-9H2,1H3,(H,33,35). The van der Waals surface area contributed by atoms with E-state index in [2.05, 4.69) is 15.0 Å². The van der Waals surface area contributed by atoms with Crippen molar-refractivity contribution in [1.82, 2.24) is 4.98 Å². The van der Waals surface area contributed by atoms with Crippen LogP contribution >= 0.6 is 0 Å². The highest BCUT2D eigenvalue weighted by Gasteiger charge is 2.53. The maximum atomic E-state index is 14.7. The van der Waals surface area contributed by atoms with Crippen molar-refractivity contribution in [3.63, 3.8) is 0 Å². The highest BCUT2D eigenvalue weighted by Crippen LogP contribution is 2.50.